The van der Waals surface area contributed by atoms with Crippen molar-refractivity contribution >= 4 is 17.5 Å². The summed E-state index contributed by atoms with van der Waals surface area (Å²) in [4.78, 5) is 26.4. The van der Waals surface area contributed by atoms with Crippen LogP contribution in [0.2, 0.25) is 0 Å². The summed E-state index contributed by atoms with van der Waals surface area (Å²) in [6.07, 6.45) is 1.05. The highest BCUT2D eigenvalue weighted by Crippen LogP contribution is 2.34. The Balaban J connectivity index is 2.14. The number of carbonyl (C=O) groups is 2. The van der Waals surface area contributed by atoms with E-state index in [4.69, 9.17) is 9.47 Å². The molecule has 1 fully saturated rings. The zero-order chi connectivity index (χ0) is 17.9. The molecule has 0 radical (unpaired) electrons. The smallest absolute Gasteiger partial charge is 0.227 e. The van der Waals surface area contributed by atoms with E-state index in [9.17, 15) is 9.59 Å². The summed E-state index contributed by atoms with van der Waals surface area (Å²) in [5.74, 6) is 0.695. The van der Waals surface area contributed by atoms with Gasteiger partial charge in [-0.05, 0) is 32.4 Å². The number of ether oxygens (including phenoxy) is 2. The first kappa shape index (κ1) is 18.1. The molecule has 1 saturated heterocycles. The van der Waals surface area contributed by atoms with E-state index in [1.807, 2.05) is 20.8 Å². The van der Waals surface area contributed by atoms with Crippen LogP contribution >= 0.6 is 0 Å². The monoisotopic (exact) mass is 334 g/mol. The zero-order valence-electron chi connectivity index (χ0n) is 15.0. The number of nitrogens with zero attached hydrogens (tertiary/aromatic N) is 1. The number of amides is 2. The van der Waals surface area contributed by atoms with Crippen molar-refractivity contribution in [3.05, 3.63) is 18.2 Å². The van der Waals surface area contributed by atoms with Crippen LogP contribution in [0, 0.1) is 5.92 Å². The highest BCUT2D eigenvalue weighted by molar-refractivity contribution is 6.00. The Kier molecular flexibility index (Phi) is 5.36. The molecule has 132 valence electrons. The van der Waals surface area contributed by atoms with Gasteiger partial charge in [0.2, 0.25) is 11.8 Å². The molecular formula is C18H26N2O4. The fraction of sp³-hybridized carbons (Fsp3) is 0.556. The number of rotatable bonds is 6. The fourth-order valence-electron chi connectivity index (χ4n) is 2.65. The third-order valence-electron chi connectivity index (χ3n) is 4.52. The molecule has 24 heavy (non-hydrogen) atoms. The van der Waals surface area contributed by atoms with E-state index in [-0.39, 0.29) is 29.7 Å². The summed E-state index contributed by atoms with van der Waals surface area (Å²) in [6.45, 7) is 6.36. The highest BCUT2D eigenvalue weighted by atomic mass is 16.5. The van der Waals surface area contributed by atoms with Gasteiger partial charge in [-0.15, -0.1) is 0 Å². The Labute approximate surface area is 143 Å². The Morgan fingerprint density at radius 1 is 1.29 bits per heavy atom. The van der Waals surface area contributed by atoms with Gasteiger partial charge in [0.05, 0.1) is 20.1 Å². The topological polar surface area (TPSA) is 67.9 Å². The molecule has 0 saturated carbocycles. The second-order valence-corrected chi connectivity index (χ2v) is 6.67. The summed E-state index contributed by atoms with van der Waals surface area (Å²) >= 11 is 0. The quantitative estimate of drug-likeness (QED) is 0.867. The van der Waals surface area contributed by atoms with Crippen molar-refractivity contribution < 1.29 is 19.1 Å². The average Bonchev–Trinajstić information content (AvgIpc) is 2.95. The summed E-state index contributed by atoms with van der Waals surface area (Å²) in [6, 6.07) is 5.32. The van der Waals surface area contributed by atoms with Crippen LogP contribution < -0.4 is 19.7 Å². The summed E-state index contributed by atoms with van der Waals surface area (Å²) < 4.78 is 10.5. The van der Waals surface area contributed by atoms with E-state index >= 15 is 0 Å². The van der Waals surface area contributed by atoms with E-state index in [2.05, 4.69) is 5.32 Å². The van der Waals surface area contributed by atoms with E-state index in [1.165, 1.54) is 0 Å². The van der Waals surface area contributed by atoms with E-state index in [0.717, 1.165) is 6.42 Å². The van der Waals surface area contributed by atoms with E-state index in [1.54, 1.807) is 37.3 Å². The summed E-state index contributed by atoms with van der Waals surface area (Å²) in [7, 11) is 3.12. The predicted octanol–water partition coefficient (Wildman–Crippen LogP) is 2.36. The van der Waals surface area contributed by atoms with Crippen LogP contribution in [0.1, 0.15) is 33.6 Å². The summed E-state index contributed by atoms with van der Waals surface area (Å²) in [5, 5.41) is 3.02. The van der Waals surface area contributed by atoms with Crippen molar-refractivity contribution in [2.45, 2.75) is 39.2 Å². The number of carbonyl (C=O) groups excluding carboxylic acids is 2. The SMILES string of the molecule is CCC(C)(C)NC(=O)C1CC(=O)N(c2ccc(OC)c(OC)c2)C1. The van der Waals surface area contributed by atoms with Crippen molar-refractivity contribution in [3.8, 4) is 11.5 Å². The van der Waals surface area contributed by atoms with Crippen LogP contribution in [0.5, 0.6) is 11.5 Å². The standard InChI is InChI=1S/C18H26N2O4/c1-6-18(2,3)19-17(22)12-9-16(21)20(11-12)13-7-8-14(23-4)15(10-13)24-5/h7-8,10,12H,6,9,11H2,1-5H3,(H,19,22). The molecular weight excluding hydrogens is 308 g/mol. The molecule has 6 heteroatoms. The predicted molar refractivity (Wildman–Crippen MR) is 92.5 cm³/mol. The number of anilines is 1. The molecule has 6 nitrogen and oxygen atoms in total. The van der Waals surface area contributed by atoms with Gasteiger partial charge < -0.3 is 19.7 Å². The lowest BCUT2D eigenvalue weighted by Gasteiger charge is -2.26. The molecule has 1 heterocycles. The zero-order valence-corrected chi connectivity index (χ0v) is 15.0. The van der Waals surface area contributed by atoms with Crippen LogP contribution in [-0.2, 0) is 9.59 Å². The molecule has 1 unspecified atom stereocenters. The molecule has 0 aromatic heterocycles. The lowest BCUT2D eigenvalue weighted by molar-refractivity contribution is -0.127. The first-order valence-electron chi connectivity index (χ1n) is 8.15. The van der Waals surface area contributed by atoms with Gasteiger partial charge in [0.15, 0.2) is 11.5 Å². The minimum Gasteiger partial charge on any atom is -0.493 e. The Morgan fingerprint density at radius 3 is 2.54 bits per heavy atom. The molecule has 2 rings (SSSR count). The molecule has 1 N–H and O–H groups in total. The number of methoxy groups -OCH3 is 2. The molecule has 0 bridgehead atoms. The molecule has 1 aromatic carbocycles. The molecule has 1 atom stereocenters. The molecule has 1 aliphatic rings. The van der Waals surface area contributed by atoms with Crippen molar-refractivity contribution in [1.82, 2.24) is 5.32 Å². The lowest BCUT2D eigenvalue weighted by Crippen LogP contribution is -2.46. The Bertz CT molecular complexity index is 627. The first-order chi connectivity index (χ1) is 11.3. The van der Waals surface area contributed by atoms with Gasteiger partial charge in [-0.1, -0.05) is 6.92 Å². The third kappa shape index (κ3) is 3.80. The maximum Gasteiger partial charge on any atom is 0.227 e. The molecule has 2 amide bonds. The van der Waals surface area contributed by atoms with Crippen molar-refractivity contribution in [3.63, 3.8) is 0 Å². The third-order valence-corrected chi connectivity index (χ3v) is 4.52. The average molecular weight is 334 g/mol. The molecule has 0 aliphatic carbocycles. The van der Waals surface area contributed by atoms with Gasteiger partial charge in [0, 0.05) is 30.3 Å². The largest absolute Gasteiger partial charge is 0.493 e. The second-order valence-electron chi connectivity index (χ2n) is 6.67. The highest BCUT2D eigenvalue weighted by Gasteiger charge is 2.36. The fourth-order valence-corrected chi connectivity index (χ4v) is 2.65. The minimum atomic E-state index is -0.337. The normalized spacial score (nSPS) is 17.8. The number of benzene rings is 1. The molecule has 1 aromatic rings. The first-order valence-corrected chi connectivity index (χ1v) is 8.15. The molecule has 1 aliphatic heterocycles. The Hall–Kier alpha value is -2.24. The van der Waals surface area contributed by atoms with Gasteiger partial charge in [-0.2, -0.15) is 0 Å². The lowest BCUT2D eigenvalue weighted by atomic mass is 9.99. The minimum absolute atomic E-state index is 0.0586. The van der Waals surface area contributed by atoms with Gasteiger partial charge in [0.1, 0.15) is 0 Å². The van der Waals surface area contributed by atoms with Gasteiger partial charge in [0.25, 0.3) is 0 Å². The second kappa shape index (κ2) is 7.11. The van der Waals surface area contributed by atoms with Crippen molar-refractivity contribution in [1.29, 1.82) is 0 Å². The van der Waals surface area contributed by atoms with Crippen molar-refractivity contribution in [2.75, 3.05) is 25.7 Å². The Morgan fingerprint density at radius 2 is 1.96 bits per heavy atom. The van der Waals surface area contributed by atoms with E-state index in [0.29, 0.717) is 23.7 Å². The number of nitrogens with one attached hydrogen (secondary N) is 1. The van der Waals surface area contributed by atoms with Gasteiger partial charge in [-0.25, -0.2) is 0 Å². The van der Waals surface area contributed by atoms with Gasteiger partial charge >= 0.3 is 0 Å². The van der Waals surface area contributed by atoms with Crippen LogP contribution in [0.4, 0.5) is 5.69 Å². The van der Waals surface area contributed by atoms with Crippen molar-refractivity contribution in [2.24, 2.45) is 5.92 Å². The van der Waals surface area contributed by atoms with Crippen LogP contribution in [0.3, 0.4) is 0 Å². The van der Waals surface area contributed by atoms with Crippen LogP contribution in [0.15, 0.2) is 18.2 Å². The number of hydrogen-bond donors (Lipinski definition) is 1. The summed E-state index contributed by atoms with van der Waals surface area (Å²) in [5.41, 5.74) is 0.444. The maximum atomic E-state index is 12.4. The number of hydrogen-bond acceptors (Lipinski definition) is 4. The van der Waals surface area contributed by atoms with E-state index < -0.39 is 0 Å². The van der Waals surface area contributed by atoms with Gasteiger partial charge in [-0.3, -0.25) is 9.59 Å². The van der Waals surface area contributed by atoms with Crippen LogP contribution in [0.25, 0.3) is 0 Å². The van der Waals surface area contributed by atoms with Crippen LogP contribution in [-0.4, -0.2) is 38.1 Å². The maximum absolute atomic E-state index is 12.4. The molecule has 0 spiro atoms.